The maximum Gasteiger partial charge on any atom is 0.241 e. The minimum absolute atomic E-state index is 0.0874. The van der Waals surface area contributed by atoms with Gasteiger partial charge in [-0.2, -0.15) is 0 Å². The van der Waals surface area contributed by atoms with Crippen molar-refractivity contribution in [3.05, 3.63) is 48.0 Å². The fraction of sp³-hybridized carbons (Fsp3) is 0.381. The number of hydrogen-bond acceptors (Lipinski definition) is 5. The second-order valence-corrected chi connectivity index (χ2v) is 6.23. The van der Waals surface area contributed by atoms with E-state index in [9.17, 15) is 4.79 Å². The van der Waals surface area contributed by atoms with Crippen LogP contribution in [0.2, 0.25) is 0 Å². The van der Waals surface area contributed by atoms with Crippen LogP contribution in [0.1, 0.15) is 19.4 Å². The fourth-order valence-corrected chi connectivity index (χ4v) is 2.64. The van der Waals surface area contributed by atoms with E-state index < -0.39 is 0 Å². The fourth-order valence-electron chi connectivity index (χ4n) is 2.64. The van der Waals surface area contributed by atoms with Crippen molar-refractivity contribution in [1.29, 1.82) is 0 Å². The Morgan fingerprint density at radius 3 is 2.33 bits per heavy atom. The third-order valence-electron chi connectivity index (χ3n) is 4.36. The van der Waals surface area contributed by atoms with E-state index in [4.69, 9.17) is 14.2 Å². The Hall–Kier alpha value is -2.73. The molecule has 2 aromatic carbocycles. The molecule has 0 bridgehead atoms. The predicted octanol–water partition coefficient (Wildman–Crippen LogP) is 3.56. The van der Waals surface area contributed by atoms with E-state index in [1.165, 1.54) is 0 Å². The van der Waals surface area contributed by atoms with Gasteiger partial charge in [-0.1, -0.05) is 12.1 Å². The first kappa shape index (κ1) is 20.6. The molecule has 2 rings (SSSR count). The summed E-state index contributed by atoms with van der Waals surface area (Å²) in [6.45, 7) is 5.14. The largest absolute Gasteiger partial charge is 0.494 e. The summed E-state index contributed by atoms with van der Waals surface area (Å²) in [4.78, 5) is 14.6. The van der Waals surface area contributed by atoms with E-state index in [1.54, 1.807) is 32.4 Å². The van der Waals surface area contributed by atoms with Crippen LogP contribution < -0.4 is 19.5 Å². The SMILES string of the molecule is CCOc1ccc(CN(C)[C@H](C)C(=O)Nc2ccc(OC)c(OC)c2)cc1. The first-order valence-corrected chi connectivity index (χ1v) is 8.93. The van der Waals surface area contributed by atoms with Crippen LogP contribution in [0.15, 0.2) is 42.5 Å². The summed E-state index contributed by atoms with van der Waals surface area (Å²) in [7, 11) is 5.07. The number of rotatable bonds is 9. The predicted molar refractivity (Wildman–Crippen MR) is 107 cm³/mol. The van der Waals surface area contributed by atoms with Gasteiger partial charge in [0.15, 0.2) is 11.5 Å². The standard InChI is InChI=1S/C21H28N2O4/c1-6-27-18-10-7-16(8-11-18)14-23(3)15(2)21(24)22-17-9-12-19(25-4)20(13-17)26-5/h7-13,15H,6,14H2,1-5H3,(H,22,24)/t15-/m1/s1. The number of nitrogens with one attached hydrogen (secondary N) is 1. The number of benzene rings is 2. The number of amides is 1. The molecule has 0 aliphatic heterocycles. The lowest BCUT2D eigenvalue weighted by atomic mass is 10.1. The second-order valence-electron chi connectivity index (χ2n) is 6.23. The number of carbonyl (C=O) groups excluding carboxylic acids is 1. The van der Waals surface area contributed by atoms with Gasteiger partial charge in [-0.15, -0.1) is 0 Å². The monoisotopic (exact) mass is 372 g/mol. The van der Waals surface area contributed by atoms with E-state index in [0.29, 0.717) is 30.3 Å². The van der Waals surface area contributed by atoms with E-state index in [2.05, 4.69) is 5.32 Å². The maximum atomic E-state index is 12.6. The van der Waals surface area contributed by atoms with E-state index in [1.807, 2.05) is 50.1 Å². The van der Waals surface area contributed by atoms with E-state index >= 15 is 0 Å². The highest BCUT2D eigenvalue weighted by atomic mass is 16.5. The Morgan fingerprint density at radius 2 is 1.74 bits per heavy atom. The van der Waals surface area contributed by atoms with Crippen molar-refractivity contribution in [2.45, 2.75) is 26.4 Å². The molecule has 6 nitrogen and oxygen atoms in total. The third-order valence-corrected chi connectivity index (χ3v) is 4.36. The second kappa shape index (κ2) is 9.83. The molecule has 0 aromatic heterocycles. The average Bonchev–Trinajstić information content (AvgIpc) is 2.68. The van der Waals surface area contributed by atoms with Gasteiger partial charge < -0.3 is 19.5 Å². The van der Waals surface area contributed by atoms with Crippen molar-refractivity contribution in [3.8, 4) is 17.2 Å². The van der Waals surface area contributed by atoms with Crippen LogP contribution in [-0.4, -0.2) is 44.7 Å². The number of methoxy groups -OCH3 is 2. The molecule has 0 aliphatic carbocycles. The minimum Gasteiger partial charge on any atom is -0.494 e. The van der Waals surface area contributed by atoms with E-state index in [-0.39, 0.29) is 11.9 Å². The van der Waals surface area contributed by atoms with Crippen LogP contribution >= 0.6 is 0 Å². The first-order chi connectivity index (χ1) is 13.0. The third kappa shape index (κ3) is 5.62. The zero-order valence-corrected chi connectivity index (χ0v) is 16.6. The van der Waals surface area contributed by atoms with Crippen molar-refractivity contribution in [2.75, 3.05) is 33.2 Å². The molecule has 0 saturated carbocycles. The summed E-state index contributed by atoms with van der Waals surface area (Å²) in [6.07, 6.45) is 0. The molecule has 0 fully saturated rings. The molecule has 6 heteroatoms. The number of ether oxygens (including phenoxy) is 3. The number of anilines is 1. The van der Waals surface area contributed by atoms with Crippen molar-refractivity contribution >= 4 is 11.6 Å². The van der Waals surface area contributed by atoms with Crippen LogP contribution in [0.3, 0.4) is 0 Å². The van der Waals surface area contributed by atoms with Gasteiger partial charge in [-0.25, -0.2) is 0 Å². The Kier molecular flexibility index (Phi) is 7.49. The van der Waals surface area contributed by atoms with Gasteiger partial charge >= 0.3 is 0 Å². The Balaban J connectivity index is 1.97. The molecule has 0 radical (unpaired) electrons. The lowest BCUT2D eigenvalue weighted by Gasteiger charge is -2.24. The molecule has 146 valence electrons. The molecule has 1 atom stereocenters. The highest BCUT2D eigenvalue weighted by molar-refractivity contribution is 5.94. The van der Waals surface area contributed by atoms with Crippen LogP contribution in [0.5, 0.6) is 17.2 Å². The number of nitrogens with zero attached hydrogens (tertiary/aromatic N) is 1. The molecular weight excluding hydrogens is 344 g/mol. The normalized spacial score (nSPS) is 11.8. The summed E-state index contributed by atoms with van der Waals surface area (Å²) in [5.74, 6) is 1.96. The Bertz CT molecular complexity index is 746. The lowest BCUT2D eigenvalue weighted by Crippen LogP contribution is -2.39. The van der Waals surface area contributed by atoms with E-state index in [0.717, 1.165) is 11.3 Å². The summed E-state index contributed by atoms with van der Waals surface area (Å²) in [6, 6.07) is 12.9. The van der Waals surface area contributed by atoms with Crippen LogP contribution in [-0.2, 0) is 11.3 Å². The van der Waals surface area contributed by atoms with Gasteiger partial charge in [0.2, 0.25) is 5.91 Å². The van der Waals surface area contributed by atoms with Crippen molar-refractivity contribution in [1.82, 2.24) is 4.90 Å². The summed E-state index contributed by atoms with van der Waals surface area (Å²) < 4.78 is 15.9. The van der Waals surface area contributed by atoms with Gasteiger partial charge in [-0.05, 0) is 50.7 Å². The molecule has 2 aromatic rings. The number of carbonyl (C=O) groups is 1. The summed E-state index contributed by atoms with van der Waals surface area (Å²) in [5.41, 5.74) is 1.78. The van der Waals surface area contributed by atoms with Crippen LogP contribution in [0.25, 0.3) is 0 Å². The van der Waals surface area contributed by atoms with Gasteiger partial charge in [0.05, 0.1) is 26.9 Å². The molecule has 27 heavy (non-hydrogen) atoms. The summed E-state index contributed by atoms with van der Waals surface area (Å²) >= 11 is 0. The van der Waals surface area contributed by atoms with Gasteiger partial charge in [0, 0.05) is 18.3 Å². The quantitative estimate of drug-likeness (QED) is 0.729. The summed E-state index contributed by atoms with van der Waals surface area (Å²) in [5, 5.41) is 2.92. The Labute approximate surface area is 161 Å². The lowest BCUT2D eigenvalue weighted by molar-refractivity contribution is -0.120. The van der Waals surface area contributed by atoms with Crippen molar-refractivity contribution in [2.24, 2.45) is 0 Å². The van der Waals surface area contributed by atoms with Crippen LogP contribution in [0, 0.1) is 0 Å². The maximum absolute atomic E-state index is 12.6. The average molecular weight is 372 g/mol. The molecule has 0 spiro atoms. The molecule has 1 N–H and O–H groups in total. The topological polar surface area (TPSA) is 60.0 Å². The zero-order chi connectivity index (χ0) is 19.8. The molecule has 0 heterocycles. The zero-order valence-electron chi connectivity index (χ0n) is 16.6. The van der Waals surface area contributed by atoms with Gasteiger partial charge in [-0.3, -0.25) is 9.69 Å². The molecule has 0 saturated heterocycles. The molecule has 0 unspecified atom stereocenters. The smallest absolute Gasteiger partial charge is 0.241 e. The highest BCUT2D eigenvalue weighted by Crippen LogP contribution is 2.29. The van der Waals surface area contributed by atoms with Crippen LogP contribution in [0.4, 0.5) is 5.69 Å². The van der Waals surface area contributed by atoms with Crippen molar-refractivity contribution in [3.63, 3.8) is 0 Å². The van der Waals surface area contributed by atoms with Crippen molar-refractivity contribution < 1.29 is 19.0 Å². The van der Waals surface area contributed by atoms with Gasteiger partial charge in [0.25, 0.3) is 0 Å². The molecular formula is C21H28N2O4. The number of hydrogen-bond donors (Lipinski definition) is 1. The first-order valence-electron chi connectivity index (χ1n) is 8.93. The number of likely N-dealkylation sites (N-methyl/N-ethyl adjacent to an activating group) is 1. The minimum atomic E-state index is -0.301. The van der Waals surface area contributed by atoms with Gasteiger partial charge in [0.1, 0.15) is 5.75 Å². The Morgan fingerprint density at radius 1 is 1.07 bits per heavy atom. The highest BCUT2D eigenvalue weighted by Gasteiger charge is 2.19. The molecule has 0 aliphatic rings. The molecule has 1 amide bonds.